The second-order valence-corrected chi connectivity index (χ2v) is 8.24. The maximum absolute atomic E-state index is 13.3. The summed E-state index contributed by atoms with van der Waals surface area (Å²) in [6, 6.07) is 1.37. The number of urea groups is 1. The molecule has 0 aliphatic carbocycles. The van der Waals surface area contributed by atoms with E-state index in [1.54, 1.807) is 9.80 Å². The first-order valence-electron chi connectivity index (χ1n) is 10.8. The predicted octanol–water partition coefficient (Wildman–Crippen LogP) is 2.84. The lowest BCUT2D eigenvalue weighted by atomic mass is 10.0. The van der Waals surface area contributed by atoms with Crippen molar-refractivity contribution >= 4 is 17.5 Å². The van der Waals surface area contributed by atoms with Crippen LogP contribution in [0.15, 0.2) is 18.2 Å². The van der Waals surface area contributed by atoms with Crippen molar-refractivity contribution in [2.75, 3.05) is 31.6 Å². The number of alkyl halides is 3. The van der Waals surface area contributed by atoms with E-state index in [1.807, 2.05) is 0 Å². The molecule has 2 aliphatic rings. The highest BCUT2D eigenvalue weighted by molar-refractivity contribution is 5.76. The third-order valence-electron chi connectivity index (χ3n) is 5.85. The molecule has 188 valence electrons. The molecule has 1 aromatic carbocycles. The summed E-state index contributed by atoms with van der Waals surface area (Å²) < 4.78 is 45.2. The summed E-state index contributed by atoms with van der Waals surface area (Å²) in [5.74, 6) is 0.318. The maximum atomic E-state index is 13.3. The number of halogens is 3. The van der Waals surface area contributed by atoms with Crippen LogP contribution >= 0.6 is 0 Å². The van der Waals surface area contributed by atoms with Gasteiger partial charge in [-0.15, -0.1) is 0 Å². The number of carbonyl (C=O) groups is 1. The molecule has 0 bridgehead atoms. The van der Waals surface area contributed by atoms with Crippen LogP contribution in [0.1, 0.15) is 41.2 Å². The topological polar surface area (TPSA) is 134 Å². The van der Waals surface area contributed by atoms with E-state index in [4.69, 9.17) is 4.74 Å². The molecule has 35 heavy (non-hydrogen) atoms. The molecule has 1 saturated heterocycles. The number of carbonyl (C=O) groups excluding carboxylic acids is 1. The van der Waals surface area contributed by atoms with E-state index in [1.165, 1.54) is 6.92 Å². The van der Waals surface area contributed by atoms with Crippen molar-refractivity contribution in [3.05, 3.63) is 56.5 Å². The number of non-ortho nitro benzene ring substituents is 1. The standard InChI is InChI=1S/C21H23F3N6O5/c1-12(13-6-14(21(22,23)24)8-15(7-13)30(33)34)25-19-16-9-29(10-17(16)26-18(11-31)27-19)20(32)28-2-4-35-5-3-28/h6-8,12,31H,2-5,9-11H2,1H3,(H,25,26,27)/t12-/m1/s1. The van der Waals surface area contributed by atoms with Gasteiger partial charge < -0.3 is 25.0 Å². The van der Waals surface area contributed by atoms with Crippen LogP contribution in [0.4, 0.5) is 29.5 Å². The lowest BCUT2D eigenvalue weighted by Gasteiger charge is -2.30. The third-order valence-corrected chi connectivity index (χ3v) is 5.85. The number of aromatic nitrogens is 2. The minimum atomic E-state index is -4.76. The van der Waals surface area contributed by atoms with Crippen molar-refractivity contribution in [3.63, 3.8) is 0 Å². The maximum Gasteiger partial charge on any atom is 0.416 e. The monoisotopic (exact) mass is 496 g/mol. The Kier molecular flexibility index (Phi) is 6.76. The number of amides is 2. The van der Waals surface area contributed by atoms with Crippen LogP contribution in [-0.2, 0) is 30.6 Å². The Balaban J connectivity index is 1.61. The van der Waals surface area contributed by atoms with Crippen LogP contribution in [0, 0.1) is 10.1 Å². The smallest absolute Gasteiger partial charge is 0.388 e. The molecule has 14 heteroatoms. The lowest BCUT2D eigenvalue weighted by molar-refractivity contribution is -0.385. The molecule has 3 heterocycles. The first-order chi connectivity index (χ1) is 16.6. The van der Waals surface area contributed by atoms with Gasteiger partial charge in [-0.3, -0.25) is 10.1 Å². The predicted molar refractivity (Wildman–Crippen MR) is 115 cm³/mol. The number of rotatable bonds is 5. The summed E-state index contributed by atoms with van der Waals surface area (Å²) in [6.45, 7) is 3.18. The van der Waals surface area contributed by atoms with Crippen LogP contribution in [0.25, 0.3) is 0 Å². The summed E-state index contributed by atoms with van der Waals surface area (Å²) in [6.07, 6.45) is -4.76. The number of benzene rings is 1. The van der Waals surface area contributed by atoms with Gasteiger partial charge in [0, 0.05) is 30.8 Å². The average Bonchev–Trinajstić information content (AvgIpc) is 3.27. The molecular weight excluding hydrogens is 473 g/mol. The van der Waals surface area contributed by atoms with E-state index in [2.05, 4.69) is 15.3 Å². The Labute approximate surface area is 197 Å². The minimum Gasteiger partial charge on any atom is -0.388 e. The van der Waals surface area contributed by atoms with Gasteiger partial charge in [-0.25, -0.2) is 14.8 Å². The molecule has 0 radical (unpaired) electrons. The van der Waals surface area contributed by atoms with Crippen molar-refractivity contribution in [3.8, 4) is 0 Å². The molecule has 2 aliphatic heterocycles. The van der Waals surface area contributed by atoms with E-state index in [0.29, 0.717) is 43.6 Å². The van der Waals surface area contributed by atoms with E-state index in [0.717, 1.165) is 12.1 Å². The van der Waals surface area contributed by atoms with Gasteiger partial charge in [0.15, 0.2) is 5.82 Å². The molecule has 11 nitrogen and oxygen atoms in total. The molecule has 0 unspecified atom stereocenters. The van der Waals surface area contributed by atoms with Gasteiger partial charge in [0.05, 0.1) is 48.5 Å². The lowest BCUT2D eigenvalue weighted by Crippen LogP contribution is -2.46. The number of nitro groups is 1. The molecule has 1 atom stereocenters. The Morgan fingerprint density at radius 1 is 1.23 bits per heavy atom. The SMILES string of the molecule is C[C@@H](Nc1nc(CO)nc2c1CN(C(=O)N1CCOCC1)C2)c1cc([N+](=O)[O-])cc(C(F)(F)F)c1. The number of anilines is 1. The molecular formula is C21H23F3N6O5. The van der Waals surface area contributed by atoms with E-state index in [9.17, 15) is 33.2 Å². The summed E-state index contributed by atoms with van der Waals surface area (Å²) in [5, 5.41) is 23.8. The number of ether oxygens (including phenoxy) is 1. The van der Waals surface area contributed by atoms with Crippen molar-refractivity contribution in [2.24, 2.45) is 0 Å². The summed E-state index contributed by atoms with van der Waals surface area (Å²) in [5.41, 5.74) is -0.715. The normalized spacial score (nSPS) is 16.7. The molecule has 4 rings (SSSR count). The fourth-order valence-electron chi connectivity index (χ4n) is 4.03. The van der Waals surface area contributed by atoms with E-state index < -0.39 is 35.0 Å². The van der Waals surface area contributed by atoms with Gasteiger partial charge >= 0.3 is 12.2 Å². The quantitative estimate of drug-likeness (QED) is 0.477. The number of aliphatic hydroxyl groups is 1. The number of hydrogen-bond donors (Lipinski definition) is 2. The Morgan fingerprint density at radius 2 is 1.94 bits per heavy atom. The summed E-state index contributed by atoms with van der Waals surface area (Å²) in [4.78, 5) is 35.0. The van der Waals surface area contributed by atoms with Crippen molar-refractivity contribution < 1.29 is 32.7 Å². The highest BCUT2D eigenvalue weighted by Crippen LogP contribution is 2.35. The highest BCUT2D eigenvalue weighted by Gasteiger charge is 2.34. The zero-order valence-electron chi connectivity index (χ0n) is 18.7. The molecule has 2 N–H and O–H groups in total. The zero-order valence-corrected chi connectivity index (χ0v) is 18.7. The van der Waals surface area contributed by atoms with Gasteiger partial charge in [0.25, 0.3) is 5.69 Å². The van der Waals surface area contributed by atoms with Gasteiger partial charge in [-0.1, -0.05) is 0 Å². The largest absolute Gasteiger partial charge is 0.416 e. The number of nitrogens with one attached hydrogen (secondary N) is 1. The molecule has 0 spiro atoms. The Morgan fingerprint density at radius 3 is 2.57 bits per heavy atom. The second-order valence-electron chi connectivity index (χ2n) is 8.24. The van der Waals surface area contributed by atoms with E-state index in [-0.39, 0.29) is 36.3 Å². The first kappa shape index (κ1) is 24.6. The van der Waals surface area contributed by atoms with Crippen LogP contribution in [0.2, 0.25) is 0 Å². The fourth-order valence-corrected chi connectivity index (χ4v) is 4.03. The summed E-state index contributed by atoms with van der Waals surface area (Å²) >= 11 is 0. The van der Waals surface area contributed by atoms with E-state index >= 15 is 0 Å². The third kappa shape index (κ3) is 5.27. The number of hydrogen-bond acceptors (Lipinski definition) is 8. The molecule has 2 amide bonds. The van der Waals surface area contributed by atoms with Crippen molar-refractivity contribution in [2.45, 2.75) is 38.8 Å². The van der Waals surface area contributed by atoms with Crippen LogP contribution in [0.3, 0.4) is 0 Å². The van der Waals surface area contributed by atoms with Gasteiger partial charge in [-0.2, -0.15) is 13.2 Å². The Bertz CT molecular complexity index is 1140. The van der Waals surface area contributed by atoms with Crippen LogP contribution in [0.5, 0.6) is 0 Å². The van der Waals surface area contributed by atoms with Gasteiger partial charge in [0.1, 0.15) is 12.4 Å². The molecule has 0 saturated carbocycles. The number of nitro benzene ring substituents is 1. The average molecular weight is 496 g/mol. The molecule has 2 aromatic rings. The number of morpholine rings is 1. The van der Waals surface area contributed by atoms with Crippen molar-refractivity contribution in [1.82, 2.24) is 19.8 Å². The van der Waals surface area contributed by atoms with Crippen LogP contribution < -0.4 is 5.32 Å². The number of fused-ring (bicyclic) bond motifs is 1. The zero-order chi connectivity index (χ0) is 25.3. The molecule has 1 aromatic heterocycles. The first-order valence-corrected chi connectivity index (χ1v) is 10.8. The van der Waals surface area contributed by atoms with Crippen molar-refractivity contribution in [1.29, 1.82) is 0 Å². The molecule has 1 fully saturated rings. The minimum absolute atomic E-state index is 0.0312. The van der Waals surface area contributed by atoms with Gasteiger partial charge in [0.2, 0.25) is 0 Å². The number of aliphatic hydroxyl groups excluding tert-OH is 1. The highest BCUT2D eigenvalue weighted by atomic mass is 19.4. The number of nitrogens with zero attached hydrogens (tertiary/aromatic N) is 5. The van der Waals surface area contributed by atoms with Crippen LogP contribution in [-0.4, -0.2) is 62.1 Å². The Hall–Kier alpha value is -3.52. The van der Waals surface area contributed by atoms with Gasteiger partial charge in [-0.05, 0) is 18.6 Å². The fraction of sp³-hybridized carbons (Fsp3) is 0.476. The second kappa shape index (κ2) is 9.62. The summed E-state index contributed by atoms with van der Waals surface area (Å²) in [7, 11) is 0.